The minimum absolute atomic E-state index is 0.254. The van der Waals surface area contributed by atoms with Crippen molar-refractivity contribution >= 4 is 21.2 Å². The molecule has 0 fully saturated rings. The molecule has 0 saturated heterocycles. The molecule has 0 spiro atoms. The standard InChI is InChI=1S/C11H24O2Si2/c1-10(2)11(12)13-8-9-15(6,7)14(3,4)5/h1,8-9H2,2-7H3. The fourth-order valence-corrected chi connectivity index (χ4v) is 4.82. The molecule has 0 aliphatic rings. The second kappa shape index (κ2) is 5.12. The molecule has 0 rings (SSSR count). The highest BCUT2D eigenvalue weighted by molar-refractivity contribution is 7.40. The Morgan fingerprint density at radius 2 is 1.67 bits per heavy atom. The van der Waals surface area contributed by atoms with E-state index in [1.165, 1.54) is 0 Å². The molecular formula is C11H24O2Si2. The van der Waals surface area contributed by atoms with Gasteiger partial charge in [-0.1, -0.05) is 39.3 Å². The molecule has 0 saturated carbocycles. The summed E-state index contributed by atoms with van der Waals surface area (Å²) in [6, 6.07) is 1.07. The van der Waals surface area contributed by atoms with E-state index in [-0.39, 0.29) is 5.97 Å². The van der Waals surface area contributed by atoms with Gasteiger partial charge in [0.1, 0.15) is 0 Å². The van der Waals surface area contributed by atoms with Crippen LogP contribution < -0.4 is 0 Å². The lowest BCUT2D eigenvalue weighted by Gasteiger charge is -2.35. The van der Waals surface area contributed by atoms with E-state index in [4.69, 9.17) is 4.74 Å². The molecule has 0 aromatic heterocycles. The van der Waals surface area contributed by atoms with Crippen molar-refractivity contribution in [2.75, 3.05) is 6.61 Å². The summed E-state index contributed by atoms with van der Waals surface area (Å²) in [4.78, 5) is 11.2. The highest BCUT2D eigenvalue weighted by Crippen LogP contribution is 2.22. The van der Waals surface area contributed by atoms with Gasteiger partial charge in [-0.3, -0.25) is 0 Å². The van der Waals surface area contributed by atoms with E-state index in [1.807, 2.05) is 0 Å². The maximum absolute atomic E-state index is 11.2. The molecule has 0 aromatic carbocycles. The average Bonchev–Trinajstić information content (AvgIpc) is 2.01. The van der Waals surface area contributed by atoms with Crippen LogP contribution >= 0.6 is 0 Å². The molecular weight excluding hydrogens is 220 g/mol. The van der Waals surface area contributed by atoms with Crippen LogP contribution in [0.1, 0.15) is 6.92 Å². The van der Waals surface area contributed by atoms with Gasteiger partial charge < -0.3 is 4.74 Å². The van der Waals surface area contributed by atoms with Gasteiger partial charge in [0.2, 0.25) is 0 Å². The van der Waals surface area contributed by atoms with Crippen molar-refractivity contribution in [3.8, 4) is 0 Å². The molecule has 0 aliphatic heterocycles. The van der Waals surface area contributed by atoms with E-state index in [0.29, 0.717) is 12.2 Å². The van der Waals surface area contributed by atoms with Crippen LogP contribution in [0.15, 0.2) is 12.2 Å². The van der Waals surface area contributed by atoms with Crippen molar-refractivity contribution in [3.05, 3.63) is 12.2 Å². The van der Waals surface area contributed by atoms with Gasteiger partial charge in [-0.15, -0.1) is 0 Å². The van der Waals surface area contributed by atoms with Crippen molar-refractivity contribution in [3.63, 3.8) is 0 Å². The van der Waals surface area contributed by atoms with Gasteiger partial charge in [-0.25, -0.2) is 4.79 Å². The Labute approximate surface area is 95.5 Å². The zero-order chi connectivity index (χ0) is 12.3. The minimum Gasteiger partial charge on any atom is -0.463 e. The average molecular weight is 244 g/mol. The quantitative estimate of drug-likeness (QED) is 0.422. The van der Waals surface area contributed by atoms with Gasteiger partial charge >= 0.3 is 5.97 Å². The van der Waals surface area contributed by atoms with Crippen LogP contribution in [0.25, 0.3) is 0 Å². The van der Waals surface area contributed by atoms with E-state index < -0.39 is 15.2 Å². The fourth-order valence-electron chi connectivity index (χ4n) is 0.897. The van der Waals surface area contributed by atoms with Crippen molar-refractivity contribution in [1.29, 1.82) is 0 Å². The summed E-state index contributed by atoms with van der Waals surface area (Å²) in [5.74, 6) is -0.254. The van der Waals surface area contributed by atoms with Crippen LogP contribution in [0, 0.1) is 0 Å². The molecule has 15 heavy (non-hydrogen) atoms. The summed E-state index contributed by atoms with van der Waals surface area (Å²) in [6.45, 7) is 17.8. The Kier molecular flexibility index (Phi) is 5.00. The first-order valence-electron chi connectivity index (χ1n) is 5.40. The van der Waals surface area contributed by atoms with E-state index in [9.17, 15) is 4.79 Å². The Hall–Kier alpha value is -0.356. The summed E-state index contributed by atoms with van der Waals surface area (Å²) < 4.78 is 5.15. The van der Waals surface area contributed by atoms with Crippen molar-refractivity contribution in [1.82, 2.24) is 0 Å². The van der Waals surface area contributed by atoms with Gasteiger partial charge in [0.25, 0.3) is 0 Å². The van der Waals surface area contributed by atoms with Gasteiger partial charge in [-0.2, -0.15) is 0 Å². The first kappa shape index (κ1) is 14.6. The third kappa shape index (κ3) is 4.79. The smallest absolute Gasteiger partial charge is 0.333 e. The summed E-state index contributed by atoms with van der Waals surface area (Å²) in [7, 11) is -2.23. The number of ether oxygens (including phenoxy) is 1. The molecule has 0 aliphatic carbocycles. The third-order valence-corrected chi connectivity index (χ3v) is 21.8. The van der Waals surface area contributed by atoms with Crippen LogP contribution in [0.3, 0.4) is 0 Å². The van der Waals surface area contributed by atoms with E-state index in [1.54, 1.807) is 6.92 Å². The van der Waals surface area contributed by atoms with Gasteiger partial charge in [0.15, 0.2) is 0 Å². The SMILES string of the molecule is C=C(C)C(=O)OCC[Si](C)(C)[Si](C)(C)C. The predicted molar refractivity (Wildman–Crippen MR) is 71.4 cm³/mol. The largest absolute Gasteiger partial charge is 0.463 e. The number of esters is 1. The van der Waals surface area contributed by atoms with Gasteiger partial charge in [0, 0.05) is 20.8 Å². The molecule has 0 N–H and O–H groups in total. The predicted octanol–water partition coefficient (Wildman–Crippen LogP) is 3.23. The molecule has 0 bridgehead atoms. The molecule has 0 unspecified atom stereocenters. The molecule has 88 valence electrons. The maximum Gasteiger partial charge on any atom is 0.333 e. The molecule has 2 nitrogen and oxygen atoms in total. The second-order valence-electron chi connectivity index (χ2n) is 5.80. The zero-order valence-corrected chi connectivity index (χ0v) is 12.9. The summed E-state index contributed by atoms with van der Waals surface area (Å²) >= 11 is 0. The molecule has 0 amide bonds. The van der Waals surface area contributed by atoms with E-state index in [0.717, 1.165) is 6.04 Å². The maximum atomic E-state index is 11.2. The van der Waals surface area contributed by atoms with E-state index >= 15 is 0 Å². The third-order valence-electron chi connectivity index (χ3n) is 3.34. The Bertz CT molecular complexity index is 252. The Morgan fingerprint density at radius 1 is 1.20 bits per heavy atom. The highest BCUT2D eigenvalue weighted by atomic mass is 29.3. The van der Waals surface area contributed by atoms with Crippen LogP contribution in [-0.4, -0.2) is 27.8 Å². The Balaban J connectivity index is 4.07. The number of carbonyl (C=O) groups is 1. The van der Waals surface area contributed by atoms with Crippen molar-refractivity contribution in [2.24, 2.45) is 0 Å². The van der Waals surface area contributed by atoms with Crippen LogP contribution in [0.5, 0.6) is 0 Å². The summed E-state index contributed by atoms with van der Waals surface area (Å²) in [5.41, 5.74) is 0.488. The Morgan fingerprint density at radius 3 is 2.00 bits per heavy atom. The zero-order valence-electron chi connectivity index (χ0n) is 10.9. The second-order valence-corrected chi connectivity index (χ2v) is 23.1. The first-order chi connectivity index (χ1) is 6.58. The van der Waals surface area contributed by atoms with Gasteiger partial charge in [-0.05, 0) is 13.0 Å². The lowest BCUT2D eigenvalue weighted by Crippen LogP contribution is -2.52. The molecule has 0 atom stereocenters. The van der Waals surface area contributed by atoms with Gasteiger partial charge in [0.05, 0.1) is 6.61 Å². The normalized spacial score (nSPS) is 12.4. The molecule has 0 heterocycles. The topological polar surface area (TPSA) is 26.3 Å². The number of hydrogen-bond donors (Lipinski definition) is 0. The monoisotopic (exact) mass is 244 g/mol. The van der Waals surface area contributed by atoms with E-state index in [2.05, 4.69) is 39.3 Å². The van der Waals surface area contributed by atoms with Crippen LogP contribution in [-0.2, 0) is 9.53 Å². The number of carbonyl (C=O) groups excluding carboxylic acids is 1. The summed E-state index contributed by atoms with van der Waals surface area (Å²) in [5, 5.41) is 0. The number of hydrogen-bond acceptors (Lipinski definition) is 2. The molecule has 4 heteroatoms. The lowest BCUT2D eigenvalue weighted by atomic mass is 10.4. The molecule has 0 radical (unpaired) electrons. The lowest BCUT2D eigenvalue weighted by molar-refractivity contribution is -0.138. The minimum atomic E-state index is -1.17. The van der Waals surface area contributed by atoms with Crippen LogP contribution in [0.4, 0.5) is 0 Å². The van der Waals surface area contributed by atoms with Crippen LogP contribution in [0.2, 0.25) is 38.8 Å². The summed E-state index contributed by atoms with van der Waals surface area (Å²) in [6.07, 6.45) is 0. The number of rotatable bonds is 5. The molecule has 0 aromatic rings. The highest BCUT2D eigenvalue weighted by Gasteiger charge is 2.36. The fraction of sp³-hybridized carbons (Fsp3) is 0.727. The van der Waals surface area contributed by atoms with Crippen molar-refractivity contribution < 1.29 is 9.53 Å². The first-order valence-corrected chi connectivity index (χ1v) is 13.1. The van der Waals surface area contributed by atoms with Crippen molar-refractivity contribution in [2.45, 2.75) is 45.7 Å².